The van der Waals surface area contributed by atoms with Crippen LogP contribution in [0.5, 0.6) is 5.75 Å². The van der Waals surface area contributed by atoms with Crippen LogP contribution in [0.4, 0.5) is 5.69 Å². The number of carbonyl (C=O) groups is 1. The number of methoxy groups -OCH3 is 1. The summed E-state index contributed by atoms with van der Waals surface area (Å²) in [5.41, 5.74) is 0.831. The van der Waals surface area contributed by atoms with Crippen LogP contribution in [0, 0.1) is 5.92 Å². The van der Waals surface area contributed by atoms with Crippen molar-refractivity contribution >= 4 is 21.6 Å². The van der Waals surface area contributed by atoms with Gasteiger partial charge in [-0.05, 0) is 42.7 Å². The van der Waals surface area contributed by atoms with Crippen molar-refractivity contribution in [1.82, 2.24) is 4.72 Å². The van der Waals surface area contributed by atoms with Crippen molar-refractivity contribution in [3.8, 4) is 5.75 Å². The van der Waals surface area contributed by atoms with Crippen molar-refractivity contribution in [3.05, 3.63) is 54.1 Å². The Morgan fingerprint density at radius 1 is 1.12 bits per heavy atom. The van der Waals surface area contributed by atoms with Crippen LogP contribution in [0.15, 0.2) is 53.4 Å². The minimum Gasteiger partial charge on any atom is -0.497 e. The van der Waals surface area contributed by atoms with Gasteiger partial charge in [-0.2, -0.15) is 0 Å². The highest BCUT2D eigenvalue weighted by Crippen LogP contribution is 2.18. The number of hydrogen-bond donors (Lipinski definition) is 2. The second kappa shape index (κ2) is 8.82. The normalized spacial score (nSPS) is 11.4. The van der Waals surface area contributed by atoms with E-state index in [4.69, 9.17) is 4.74 Å². The highest BCUT2D eigenvalue weighted by Gasteiger charge is 2.16. The number of ether oxygens (including phenoxy) is 1. The topological polar surface area (TPSA) is 84.5 Å². The Kier molecular flexibility index (Phi) is 6.76. The molecule has 2 aromatic rings. The monoisotopic (exact) mass is 376 g/mol. The molecule has 2 aromatic carbocycles. The van der Waals surface area contributed by atoms with Gasteiger partial charge in [0, 0.05) is 23.9 Å². The number of rotatable bonds is 8. The van der Waals surface area contributed by atoms with Crippen LogP contribution < -0.4 is 14.8 Å². The summed E-state index contributed by atoms with van der Waals surface area (Å²) in [5.74, 6) is 0.628. The second-order valence-corrected chi connectivity index (χ2v) is 8.06. The van der Waals surface area contributed by atoms with E-state index in [0.29, 0.717) is 23.9 Å². The summed E-state index contributed by atoms with van der Waals surface area (Å²) in [6.45, 7) is 4.41. The van der Waals surface area contributed by atoms with Gasteiger partial charge < -0.3 is 10.1 Å². The number of amides is 1. The molecule has 0 saturated heterocycles. The Bertz CT molecular complexity index is 863. The van der Waals surface area contributed by atoms with Gasteiger partial charge in [-0.1, -0.05) is 26.0 Å². The first-order valence-electron chi connectivity index (χ1n) is 8.37. The van der Waals surface area contributed by atoms with Crippen molar-refractivity contribution in [2.75, 3.05) is 19.0 Å². The van der Waals surface area contributed by atoms with Gasteiger partial charge in [-0.25, -0.2) is 13.1 Å². The van der Waals surface area contributed by atoms with Crippen molar-refractivity contribution in [2.45, 2.75) is 25.2 Å². The first kappa shape index (κ1) is 19.9. The Labute approximate surface area is 154 Å². The van der Waals surface area contributed by atoms with Crippen LogP contribution in [-0.4, -0.2) is 28.0 Å². The van der Waals surface area contributed by atoms with E-state index in [1.54, 1.807) is 43.5 Å². The molecule has 0 bridgehead atoms. The average molecular weight is 376 g/mol. The third-order valence-corrected chi connectivity index (χ3v) is 5.21. The van der Waals surface area contributed by atoms with Gasteiger partial charge in [-0.15, -0.1) is 0 Å². The van der Waals surface area contributed by atoms with E-state index in [1.165, 1.54) is 12.1 Å². The zero-order valence-electron chi connectivity index (χ0n) is 15.2. The maximum absolute atomic E-state index is 12.4. The minimum absolute atomic E-state index is 0.0690. The molecule has 26 heavy (non-hydrogen) atoms. The summed E-state index contributed by atoms with van der Waals surface area (Å²) in [4.78, 5) is 12.5. The zero-order chi connectivity index (χ0) is 19.2. The molecule has 0 radical (unpaired) electrons. The molecule has 0 aliphatic heterocycles. The van der Waals surface area contributed by atoms with E-state index < -0.39 is 15.9 Å². The maximum atomic E-state index is 12.4. The molecule has 0 aromatic heterocycles. The summed E-state index contributed by atoms with van der Waals surface area (Å²) < 4.78 is 32.4. The molecule has 0 spiro atoms. The molecular formula is C19H24N2O4S. The second-order valence-electron chi connectivity index (χ2n) is 6.29. The zero-order valence-corrected chi connectivity index (χ0v) is 16.0. The SMILES string of the molecule is COc1cccc(NC(=O)c2cccc(S(=O)(=O)NCCC(C)C)c2)c1. The predicted molar refractivity (Wildman–Crippen MR) is 102 cm³/mol. The first-order valence-corrected chi connectivity index (χ1v) is 9.85. The third-order valence-electron chi connectivity index (χ3n) is 3.75. The largest absolute Gasteiger partial charge is 0.497 e. The molecular weight excluding hydrogens is 352 g/mol. The molecule has 2 rings (SSSR count). The van der Waals surface area contributed by atoms with Gasteiger partial charge in [0.25, 0.3) is 5.91 Å². The standard InChI is InChI=1S/C19H24N2O4S/c1-14(2)10-11-20-26(23,24)18-9-4-6-15(12-18)19(22)21-16-7-5-8-17(13-16)25-3/h4-9,12-14,20H,10-11H2,1-3H3,(H,21,22). The van der Waals surface area contributed by atoms with Gasteiger partial charge in [0.05, 0.1) is 12.0 Å². The summed E-state index contributed by atoms with van der Waals surface area (Å²) in [6.07, 6.45) is 0.745. The van der Waals surface area contributed by atoms with Crippen LogP contribution in [0.3, 0.4) is 0 Å². The van der Waals surface area contributed by atoms with E-state index in [-0.39, 0.29) is 10.5 Å². The average Bonchev–Trinajstić information content (AvgIpc) is 2.61. The van der Waals surface area contributed by atoms with Crippen LogP contribution in [0.25, 0.3) is 0 Å². The predicted octanol–water partition coefficient (Wildman–Crippen LogP) is 3.27. The van der Waals surface area contributed by atoms with E-state index in [2.05, 4.69) is 10.0 Å². The lowest BCUT2D eigenvalue weighted by atomic mass is 10.1. The molecule has 7 heteroatoms. The van der Waals surface area contributed by atoms with Crippen LogP contribution >= 0.6 is 0 Å². The third kappa shape index (κ3) is 5.57. The molecule has 2 N–H and O–H groups in total. The van der Waals surface area contributed by atoms with Crippen LogP contribution in [-0.2, 0) is 10.0 Å². The molecule has 0 heterocycles. The number of nitrogens with one attached hydrogen (secondary N) is 2. The first-order chi connectivity index (χ1) is 12.3. The van der Waals surface area contributed by atoms with E-state index in [0.717, 1.165) is 6.42 Å². The fourth-order valence-electron chi connectivity index (χ4n) is 2.27. The smallest absolute Gasteiger partial charge is 0.255 e. The van der Waals surface area contributed by atoms with Crippen LogP contribution in [0.1, 0.15) is 30.6 Å². The molecule has 0 fully saturated rings. The van der Waals surface area contributed by atoms with Crippen molar-refractivity contribution < 1.29 is 17.9 Å². The molecule has 0 saturated carbocycles. The fourth-order valence-corrected chi connectivity index (χ4v) is 3.37. The number of carbonyl (C=O) groups excluding carboxylic acids is 1. The van der Waals surface area contributed by atoms with Gasteiger partial charge in [-0.3, -0.25) is 4.79 Å². The highest BCUT2D eigenvalue weighted by molar-refractivity contribution is 7.89. The Morgan fingerprint density at radius 3 is 2.54 bits per heavy atom. The van der Waals surface area contributed by atoms with Crippen molar-refractivity contribution in [1.29, 1.82) is 0 Å². The highest BCUT2D eigenvalue weighted by atomic mass is 32.2. The van der Waals surface area contributed by atoms with Crippen LogP contribution in [0.2, 0.25) is 0 Å². The summed E-state index contributed by atoms with van der Waals surface area (Å²) in [6, 6.07) is 12.9. The van der Waals surface area contributed by atoms with Crippen molar-refractivity contribution in [2.24, 2.45) is 5.92 Å². The molecule has 0 aliphatic rings. The fraction of sp³-hybridized carbons (Fsp3) is 0.316. The van der Waals surface area contributed by atoms with E-state index in [9.17, 15) is 13.2 Å². The lowest BCUT2D eigenvalue weighted by molar-refractivity contribution is 0.102. The lowest BCUT2D eigenvalue weighted by Crippen LogP contribution is -2.26. The van der Waals surface area contributed by atoms with Gasteiger partial charge in [0.2, 0.25) is 10.0 Å². The Morgan fingerprint density at radius 2 is 1.85 bits per heavy atom. The molecule has 6 nitrogen and oxygen atoms in total. The molecule has 140 valence electrons. The van der Waals surface area contributed by atoms with E-state index >= 15 is 0 Å². The van der Waals surface area contributed by atoms with Crippen molar-refractivity contribution in [3.63, 3.8) is 0 Å². The minimum atomic E-state index is -3.65. The summed E-state index contributed by atoms with van der Waals surface area (Å²) in [7, 11) is -2.10. The van der Waals surface area contributed by atoms with Gasteiger partial charge >= 0.3 is 0 Å². The summed E-state index contributed by atoms with van der Waals surface area (Å²) in [5, 5.41) is 2.74. The number of sulfonamides is 1. The Hall–Kier alpha value is -2.38. The number of anilines is 1. The summed E-state index contributed by atoms with van der Waals surface area (Å²) >= 11 is 0. The lowest BCUT2D eigenvalue weighted by Gasteiger charge is -2.10. The maximum Gasteiger partial charge on any atom is 0.255 e. The van der Waals surface area contributed by atoms with E-state index in [1.807, 2.05) is 13.8 Å². The number of hydrogen-bond acceptors (Lipinski definition) is 4. The molecule has 0 unspecified atom stereocenters. The molecule has 0 atom stereocenters. The van der Waals surface area contributed by atoms with Gasteiger partial charge in [0.1, 0.15) is 5.75 Å². The Balaban J connectivity index is 2.13. The number of benzene rings is 2. The molecule has 0 aliphatic carbocycles. The van der Waals surface area contributed by atoms with Gasteiger partial charge in [0.15, 0.2) is 0 Å². The quantitative estimate of drug-likeness (QED) is 0.740. The molecule has 1 amide bonds.